The molecule has 2 heterocycles. The zero-order chi connectivity index (χ0) is 14.3. The van der Waals surface area contributed by atoms with Gasteiger partial charge in [0.1, 0.15) is 0 Å². The number of benzene rings is 1. The maximum absolute atomic E-state index is 12.8. The summed E-state index contributed by atoms with van der Waals surface area (Å²) in [5.41, 5.74) is 1.08. The van der Waals surface area contributed by atoms with Crippen molar-refractivity contribution in [1.82, 2.24) is 4.98 Å². The number of aromatic nitrogens is 1. The topological polar surface area (TPSA) is 70.2 Å². The third-order valence-electron chi connectivity index (χ3n) is 2.99. The molecular weight excluding hydrogens is 316 g/mol. The summed E-state index contributed by atoms with van der Waals surface area (Å²) in [4.78, 5) is 14.5. The molecule has 0 aliphatic carbocycles. The van der Waals surface area contributed by atoms with Crippen LogP contribution in [0.4, 0.5) is 5.69 Å². The Labute approximate surface area is 124 Å². The van der Waals surface area contributed by atoms with Gasteiger partial charge in [0.25, 0.3) is 10.0 Å². The van der Waals surface area contributed by atoms with Gasteiger partial charge in [0.15, 0.2) is 4.21 Å². The number of thioether (sulfide) groups is 1. The van der Waals surface area contributed by atoms with Crippen molar-refractivity contribution in [3.63, 3.8) is 0 Å². The summed E-state index contributed by atoms with van der Waals surface area (Å²) < 4.78 is 27.0. The fourth-order valence-corrected chi connectivity index (χ4v) is 6.18. The first-order valence-electron chi connectivity index (χ1n) is 5.94. The van der Waals surface area contributed by atoms with Gasteiger partial charge >= 0.3 is 4.87 Å². The summed E-state index contributed by atoms with van der Waals surface area (Å²) in [7, 11) is -3.68. The summed E-state index contributed by atoms with van der Waals surface area (Å²) in [6, 6.07) is 7.42. The number of thiazole rings is 1. The molecule has 1 N–H and O–H groups in total. The van der Waals surface area contributed by atoms with Gasteiger partial charge in [0.2, 0.25) is 0 Å². The molecule has 1 aliphatic heterocycles. The van der Waals surface area contributed by atoms with Gasteiger partial charge in [-0.1, -0.05) is 23.5 Å². The second-order valence-electron chi connectivity index (χ2n) is 4.32. The lowest BCUT2D eigenvalue weighted by Crippen LogP contribution is -2.35. The predicted octanol–water partition coefficient (Wildman–Crippen LogP) is 2.05. The highest BCUT2D eigenvalue weighted by molar-refractivity contribution is 8.00. The van der Waals surface area contributed by atoms with Crippen molar-refractivity contribution < 1.29 is 8.42 Å². The number of sulfonamides is 1. The van der Waals surface area contributed by atoms with Gasteiger partial charge in [-0.15, -0.1) is 11.8 Å². The number of aryl methyl sites for hydroxylation is 1. The molecule has 0 unspecified atom stereocenters. The van der Waals surface area contributed by atoms with Crippen LogP contribution in [-0.4, -0.2) is 25.7 Å². The molecule has 8 heteroatoms. The average molecular weight is 328 g/mol. The van der Waals surface area contributed by atoms with Crippen LogP contribution < -0.4 is 9.18 Å². The standard InChI is InChI=1S/C12H12N2O3S3/c1-8-11(19-12(15)13-8)20(16,17)14-6-7-18-10-5-3-2-4-9(10)14/h2-5H,6-7H2,1H3,(H,13,15). The molecule has 0 fully saturated rings. The van der Waals surface area contributed by atoms with Crippen LogP contribution >= 0.6 is 23.1 Å². The Bertz CT molecular complexity index is 807. The molecule has 20 heavy (non-hydrogen) atoms. The smallest absolute Gasteiger partial charge is 0.306 e. The molecule has 1 aromatic carbocycles. The van der Waals surface area contributed by atoms with Gasteiger partial charge in [0, 0.05) is 22.9 Å². The van der Waals surface area contributed by atoms with Crippen LogP contribution in [0, 0.1) is 6.92 Å². The molecule has 0 amide bonds. The summed E-state index contributed by atoms with van der Waals surface area (Å²) in [5.74, 6) is 0.703. The van der Waals surface area contributed by atoms with E-state index in [4.69, 9.17) is 0 Å². The Hall–Kier alpha value is -1.25. The Kier molecular flexibility index (Phi) is 3.39. The Morgan fingerprint density at radius 3 is 2.75 bits per heavy atom. The van der Waals surface area contributed by atoms with Crippen molar-refractivity contribution in [2.75, 3.05) is 16.6 Å². The second-order valence-corrected chi connectivity index (χ2v) is 8.50. The molecular formula is C12H12N2O3S3. The molecule has 0 saturated heterocycles. The van der Waals surface area contributed by atoms with Gasteiger partial charge in [-0.3, -0.25) is 9.10 Å². The minimum atomic E-state index is -3.68. The van der Waals surface area contributed by atoms with E-state index < -0.39 is 10.0 Å². The fraction of sp³-hybridized carbons (Fsp3) is 0.250. The normalized spacial score (nSPS) is 15.2. The summed E-state index contributed by atoms with van der Waals surface area (Å²) >= 11 is 2.38. The zero-order valence-electron chi connectivity index (χ0n) is 10.6. The third kappa shape index (κ3) is 2.17. The van der Waals surface area contributed by atoms with Crippen LogP contribution in [0.1, 0.15) is 5.69 Å². The average Bonchev–Trinajstić information content (AvgIpc) is 2.78. The number of rotatable bonds is 2. The van der Waals surface area contributed by atoms with Crippen LogP contribution in [-0.2, 0) is 10.0 Å². The molecule has 0 saturated carbocycles. The van der Waals surface area contributed by atoms with E-state index in [1.54, 1.807) is 24.8 Å². The molecule has 0 spiro atoms. The quantitative estimate of drug-likeness (QED) is 0.916. The highest BCUT2D eigenvalue weighted by Crippen LogP contribution is 2.38. The molecule has 106 valence electrons. The van der Waals surface area contributed by atoms with Gasteiger partial charge < -0.3 is 4.98 Å². The first kappa shape index (κ1) is 13.7. The molecule has 2 aromatic rings. The van der Waals surface area contributed by atoms with Crippen LogP contribution in [0.2, 0.25) is 0 Å². The van der Waals surface area contributed by atoms with E-state index in [-0.39, 0.29) is 9.08 Å². The number of para-hydroxylation sites is 1. The lowest BCUT2D eigenvalue weighted by atomic mass is 10.3. The fourth-order valence-electron chi connectivity index (χ4n) is 2.13. The number of hydrogen-bond donors (Lipinski definition) is 1. The number of nitrogens with one attached hydrogen (secondary N) is 1. The summed E-state index contributed by atoms with van der Waals surface area (Å²) in [6.45, 7) is 2.02. The van der Waals surface area contributed by atoms with Crippen molar-refractivity contribution >= 4 is 38.8 Å². The number of hydrogen-bond acceptors (Lipinski definition) is 5. The zero-order valence-corrected chi connectivity index (χ0v) is 13.1. The Morgan fingerprint density at radius 2 is 2.05 bits per heavy atom. The van der Waals surface area contributed by atoms with Gasteiger partial charge in [-0.05, 0) is 19.1 Å². The Balaban J connectivity index is 2.14. The number of fused-ring (bicyclic) bond motifs is 1. The van der Waals surface area contributed by atoms with Gasteiger partial charge in [0.05, 0.1) is 5.69 Å². The van der Waals surface area contributed by atoms with Crippen LogP contribution in [0.3, 0.4) is 0 Å². The number of H-pyrrole nitrogens is 1. The maximum Gasteiger partial charge on any atom is 0.306 e. The number of aromatic amines is 1. The number of anilines is 1. The second kappa shape index (κ2) is 4.94. The van der Waals surface area contributed by atoms with Crippen molar-refractivity contribution in [3.8, 4) is 0 Å². The van der Waals surface area contributed by atoms with E-state index in [1.807, 2.05) is 18.2 Å². The predicted molar refractivity (Wildman–Crippen MR) is 81.4 cm³/mol. The first-order valence-corrected chi connectivity index (χ1v) is 9.18. The lowest BCUT2D eigenvalue weighted by molar-refractivity contribution is 0.592. The van der Waals surface area contributed by atoms with Crippen molar-refractivity contribution in [1.29, 1.82) is 0 Å². The third-order valence-corrected chi connectivity index (χ3v) is 7.43. The van der Waals surface area contributed by atoms with Gasteiger partial charge in [-0.2, -0.15) is 0 Å². The maximum atomic E-state index is 12.8. The molecule has 0 radical (unpaired) electrons. The molecule has 1 aromatic heterocycles. The van der Waals surface area contributed by atoms with E-state index in [1.165, 1.54) is 4.31 Å². The minimum absolute atomic E-state index is 0.101. The lowest BCUT2D eigenvalue weighted by Gasteiger charge is -2.29. The largest absolute Gasteiger partial charge is 0.315 e. The molecule has 0 atom stereocenters. The monoisotopic (exact) mass is 328 g/mol. The highest BCUT2D eigenvalue weighted by Gasteiger charge is 2.32. The SMILES string of the molecule is Cc1[nH]c(=O)sc1S(=O)(=O)N1CCSc2ccccc21. The van der Waals surface area contributed by atoms with E-state index in [0.717, 1.165) is 16.2 Å². The van der Waals surface area contributed by atoms with Crippen molar-refractivity contribution in [2.24, 2.45) is 0 Å². The van der Waals surface area contributed by atoms with E-state index in [2.05, 4.69) is 4.98 Å². The van der Waals surface area contributed by atoms with Crippen molar-refractivity contribution in [2.45, 2.75) is 16.0 Å². The Morgan fingerprint density at radius 1 is 1.30 bits per heavy atom. The van der Waals surface area contributed by atoms with E-state index >= 15 is 0 Å². The summed E-state index contributed by atoms with van der Waals surface area (Å²) in [6.07, 6.45) is 0. The number of nitrogens with zero attached hydrogens (tertiary/aromatic N) is 1. The van der Waals surface area contributed by atoms with Crippen LogP contribution in [0.15, 0.2) is 38.2 Å². The molecule has 1 aliphatic rings. The molecule has 0 bridgehead atoms. The van der Waals surface area contributed by atoms with E-state index in [9.17, 15) is 13.2 Å². The minimum Gasteiger partial charge on any atom is -0.315 e. The van der Waals surface area contributed by atoms with Crippen LogP contribution in [0.25, 0.3) is 0 Å². The van der Waals surface area contributed by atoms with Crippen molar-refractivity contribution in [3.05, 3.63) is 39.6 Å². The first-order chi connectivity index (χ1) is 9.50. The summed E-state index contributed by atoms with van der Waals surface area (Å²) in [5, 5.41) is 0. The van der Waals surface area contributed by atoms with Gasteiger partial charge in [-0.25, -0.2) is 8.42 Å². The molecule has 5 nitrogen and oxygen atoms in total. The van der Waals surface area contributed by atoms with Crippen LogP contribution in [0.5, 0.6) is 0 Å². The van der Waals surface area contributed by atoms with E-state index in [0.29, 0.717) is 23.7 Å². The highest BCUT2D eigenvalue weighted by atomic mass is 32.2. The molecule has 3 rings (SSSR count).